The summed E-state index contributed by atoms with van der Waals surface area (Å²) in [5, 5.41) is 5.87. The van der Waals surface area contributed by atoms with E-state index >= 15 is 0 Å². The lowest BCUT2D eigenvalue weighted by Gasteiger charge is -2.24. The highest BCUT2D eigenvalue weighted by atomic mass is 16.2. The van der Waals surface area contributed by atoms with Crippen LogP contribution in [0.25, 0.3) is 0 Å². The first-order chi connectivity index (χ1) is 18.1. The summed E-state index contributed by atoms with van der Waals surface area (Å²) < 4.78 is 0. The summed E-state index contributed by atoms with van der Waals surface area (Å²) in [6, 6.07) is 17.5. The average molecular weight is 533 g/mol. The van der Waals surface area contributed by atoms with E-state index in [1.165, 1.54) is 5.56 Å². The van der Waals surface area contributed by atoms with E-state index in [4.69, 9.17) is 0 Å². The van der Waals surface area contributed by atoms with Gasteiger partial charge in [-0.05, 0) is 85.3 Å². The molecule has 2 N–H and O–H groups in total. The van der Waals surface area contributed by atoms with E-state index in [-0.39, 0.29) is 34.5 Å². The fraction of sp³-hybridized carbons (Fsp3) is 0.515. The van der Waals surface area contributed by atoms with Gasteiger partial charge in [0.15, 0.2) is 11.6 Å². The quantitative estimate of drug-likeness (QED) is 0.452. The molecule has 0 saturated heterocycles. The number of nitrogens with one attached hydrogen (secondary N) is 2. The van der Waals surface area contributed by atoms with Crippen LogP contribution in [-0.2, 0) is 32.0 Å². The van der Waals surface area contributed by atoms with E-state index in [9.17, 15) is 19.2 Å². The summed E-state index contributed by atoms with van der Waals surface area (Å²) in [6.07, 6.45) is 3.41. The summed E-state index contributed by atoms with van der Waals surface area (Å²) in [5.41, 5.74) is 1.02. The molecule has 2 fully saturated rings. The molecule has 0 aliphatic heterocycles. The molecule has 2 aliphatic carbocycles. The van der Waals surface area contributed by atoms with Crippen LogP contribution in [-0.4, -0.2) is 34.5 Å². The number of carbonyl (C=O) groups excluding carboxylic acids is 4. The highest BCUT2D eigenvalue weighted by Gasteiger charge is 2.56. The number of benzene rings is 2. The van der Waals surface area contributed by atoms with Crippen molar-refractivity contribution in [3.63, 3.8) is 0 Å². The largest absolute Gasteiger partial charge is 0.351 e. The summed E-state index contributed by atoms with van der Waals surface area (Å²) >= 11 is 0. The minimum atomic E-state index is -0.766. The zero-order valence-corrected chi connectivity index (χ0v) is 24.6. The highest BCUT2D eigenvalue weighted by Crippen LogP contribution is 2.48. The number of ketones is 2. The zero-order valence-electron chi connectivity index (χ0n) is 24.6. The van der Waals surface area contributed by atoms with Crippen molar-refractivity contribution in [3.8, 4) is 0 Å². The third-order valence-corrected chi connectivity index (χ3v) is 7.11. The molecule has 0 bridgehead atoms. The second-order valence-electron chi connectivity index (χ2n) is 13.2. The smallest absolute Gasteiger partial charge is 0.234 e. The van der Waals surface area contributed by atoms with Gasteiger partial charge in [-0.25, -0.2) is 0 Å². The molecule has 0 unspecified atom stereocenters. The van der Waals surface area contributed by atoms with Gasteiger partial charge in [0.05, 0.1) is 0 Å². The van der Waals surface area contributed by atoms with Crippen molar-refractivity contribution in [2.45, 2.75) is 98.1 Å². The van der Waals surface area contributed by atoms with Gasteiger partial charge >= 0.3 is 0 Å². The third kappa shape index (κ3) is 8.35. The molecule has 2 aromatic carbocycles. The molecule has 2 aromatic rings. The maximum absolute atomic E-state index is 12.4. The van der Waals surface area contributed by atoms with Crippen LogP contribution in [0.5, 0.6) is 0 Å². The van der Waals surface area contributed by atoms with E-state index in [1.54, 1.807) is 0 Å². The van der Waals surface area contributed by atoms with Crippen LogP contribution >= 0.6 is 0 Å². The van der Waals surface area contributed by atoms with Gasteiger partial charge in [-0.1, -0.05) is 60.2 Å². The van der Waals surface area contributed by atoms with Crippen LogP contribution in [0.4, 0.5) is 0 Å². The molecular formula is C33H44N2O4. The maximum Gasteiger partial charge on any atom is 0.234 e. The zero-order chi connectivity index (χ0) is 29.1. The molecule has 0 aromatic heterocycles. The van der Waals surface area contributed by atoms with Crippen molar-refractivity contribution in [3.05, 3.63) is 71.3 Å². The Kier molecular flexibility index (Phi) is 8.88. The van der Waals surface area contributed by atoms with Gasteiger partial charge in [0, 0.05) is 23.9 Å². The number of Topliss-reactive ketones (excluding diaryl/α,β-unsaturated/α-hetero) is 2. The molecule has 2 aliphatic rings. The number of amides is 2. The first-order valence-corrected chi connectivity index (χ1v) is 13.9. The van der Waals surface area contributed by atoms with E-state index in [2.05, 4.69) is 10.6 Å². The van der Waals surface area contributed by atoms with Gasteiger partial charge in [-0.15, -0.1) is 0 Å². The molecule has 0 atom stereocenters. The summed E-state index contributed by atoms with van der Waals surface area (Å²) in [6.45, 7) is 13.6. The SMILES string of the molecule is CC(C)(C)NC(=O)C1(C(=O)Cc2ccccc2)CC1.Cc1ccc(CC(=O)C2(C(=O)NC(C)(C)C)CC2)cc1. The van der Waals surface area contributed by atoms with Gasteiger partial charge in [0.1, 0.15) is 10.8 Å². The van der Waals surface area contributed by atoms with Crippen molar-refractivity contribution < 1.29 is 19.2 Å². The number of hydrogen-bond donors (Lipinski definition) is 2. The number of rotatable bonds is 8. The predicted molar refractivity (Wildman–Crippen MR) is 154 cm³/mol. The third-order valence-electron chi connectivity index (χ3n) is 7.11. The lowest BCUT2D eigenvalue weighted by Crippen LogP contribution is -2.47. The Bertz CT molecular complexity index is 1190. The predicted octanol–water partition coefficient (Wildman–Crippen LogP) is 5.29. The Hall–Kier alpha value is -3.28. The maximum atomic E-state index is 12.4. The standard InChI is InChI=1S/C17H23NO2.C16H21NO2/c1-12-5-7-13(8-6-12)11-14(19)17(9-10-17)15(20)18-16(2,3)4;1-15(2,3)17-14(19)16(9-10-16)13(18)11-12-7-5-4-6-8-12/h5-8H,9-11H2,1-4H3,(H,18,20);4-8H,9-11H2,1-3H3,(H,17,19). The molecule has 4 rings (SSSR count). The molecule has 0 heterocycles. The van der Waals surface area contributed by atoms with Crippen molar-refractivity contribution in [1.82, 2.24) is 10.6 Å². The van der Waals surface area contributed by atoms with E-state index < -0.39 is 10.8 Å². The fourth-order valence-electron chi connectivity index (χ4n) is 4.45. The van der Waals surface area contributed by atoms with Crippen LogP contribution in [0.2, 0.25) is 0 Å². The minimum Gasteiger partial charge on any atom is -0.351 e. The van der Waals surface area contributed by atoms with Gasteiger partial charge in [-0.3, -0.25) is 19.2 Å². The van der Waals surface area contributed by atoms with E-state index in [0.717, 1.165) is 11.1 Å². The van der Waals surface area contributed by atoms with Crippen molar-refractivity contribution in [2.24, 2.45) is 10.8 Å². The molecule has 6 heteroatoms. The molecule has 2 amide bonds. The van der Waals surface area contributed by atoms with Crippen molar-refractivity contribution in [2.75, 3.05) is 0 Å². The Morgan fingerprint density at radius 2 is 0.974 bits per heavy atom. The van der Waals surface area contributed by atoms with Crippen molar-refractivity contribution >= 4 is 23.4 Å². The van der Waals surface area contributed by atoms with Crippen LogP contribution in [0.3, 0.4) is 0 Å². The van der Waals surface area contributed by atoms with Crippen LogP contribution in [0, 0.1) is 17.8 Å². The topological polar surface area (TPSA) is 92.3 Å². The minimum absolute atomic E-state index is 0.0421. The molecule has 0 radical (unpaired) electrons. The molecule has 0 spiro atoms. The average Bonchev–Trinajstić information content (AvgIpc) is 3.73. The second kappa shape index (κ2) is 11.4. The first-order valence-electron chi connectivity index (χ1n) is 13.9. The van der Waals surface area contributed by atoms with E-state index in [1.807, 2.05) is 103 Å². The monoisotopic (exact) mass is 532 g/mol. The highest BCUT2D eigenvalue weighted by molar-refractivity contribution is 6.10. The summed E-state index contributed by atoms with van der Waals surface area (Å²) in [7, 11) is 0. The lowest BCUT2D eigenvalue weighted by atomic mass is 9.92. The summed E-state index contributed by atoms with van der Waals surface area (Å²) in [4.78, 5) is 49.4. The van der Waals surface area contributed by atoms with Gasteiger partial charge < -0.3 is 10.6 Å². The Morgan fingerprint density at radius 1 is 0.615 bits per heavy atom. The van der Waals surface area contributed by atoms with Gasteiger partial charge in [0.2, 0.25) is 11.8 Å². The van der Waals surface area contributed by atoms with Crippen molar-refractivity contribution in [1.29, 1.82) is 0 Å². The number of hydrogen-bond acceptors (Lipinski definition) is 4. The molecule has 2 saturated carbocycles. The van der Waals surface area contributed by atoms with Crippen LogP contribution in [0.1, 0.15) is 83.9 Å². The molecule has 6 nitrogen and oxygen atoms in total. The Balaban J connectivity index is 0.000000216. The molecular weight excluding hydrogens is 488 g/mol. The Morgan fingerprint density at radius 3 is 1.31 bits per heavy atom. The normalized spacial score (nSPS) is 16.7. The number of carbonyl (C=O) groups is 4. The van der Waals surface area contributed by atoms with Crippen LogP contribution < -0.4 is 10.6 Å². The molecule has 210 valence electrons. The Labute approximate surface area is 233 Å². The first kappa shape index (κ1) is 30.3. The van der Waals surface area contributed by atoms with Crippen LogP contribution in [0.15, 0.2) is 54.6 Å². The second-order valence-corrected chi connectivity index (χ2v) is 13.2. The van der Waals surface area contributed by atoms with E-state index in [0.29, 0.717) is 38.5 Å². The number of aryl methyl sites for hydroxylation is 1. The fourth-order valence-corrected chi connectivity index (χ4v) is 4.45. The molecule has 39 heavy (non-hydrogen) atoms. The lowest BCUT2D eigenvalue weighted by molar-refractivity contribution is -0.138. The summed E-state index contributed by atoms with van der Waals surface area (Å²) in [5.74, 6) is -0.133. The van der Waals surface area contributed by atoms with Gasteiger partial charge in [0.25, 0.3) is 0 Å². The van der Waals surface area contributed by atoms with Gasteiger partial charge in [-0.2, -0.15) is 0 Å².